The van der Waals surface area contributed by atoms with Crippen LogP contribution in [0.25, 0.3) is 15.7 Å². The Morgan fingerprint density at radius 1 is 1.26 bits per heavy atom. The van der Waals surface area contributed by atoms with Gasteiger partial charge in [-0.05, 0) is 30.7 Å². The van der Waals surface area contributed by atoms with E-state index in [9.17, 15) is 14.5 Å². The average Bonchev–Trinajstić information content (AvgIpc) is 2.65. The fraction of sp³-hybridized carbons (Fsp3) is 0.158. The first-order valence-corrected chi connectivity index (χ1v) is 8.08. The van der Waals surface area contributed by atoms with E-state index in [-0.39, 0.29) is 5.75 Å². The van der Waals surface area contributed by atoms with Crippen LogP contribution in [0.5, 0.6) is 17.2 Å². The molecule has 0 saturated carbocycles. The normalized spacial score (nSPS) is 10.4. The molecule has 0 bridgehead atoms. The molecule has 0 radical (unpaired) electrons. The molecule has 0 fully saturated rings. The van der Waals surface area contributed by atoms with Crippen molar-refractivity contribution in [1.29, 1.82) is 0 Å². The summed E-state index contributed by atoms with van der Waals surface area (Å²) in [6, 6.07) is 8.11. The first kappa shape index (κ1) is 18.1. The standard InChI is InChI=1S/C19H14FN3O4/c1-3-8-26-19-11-15-13(10-16(19)21-2)18(6-7-22-15)27-12-4-5-17(23(24)25)14(20)9-12/h4-7,9-11H,3,8H2,1H3. The molecule has 0 unspecified atom stereocenters. The van der Waals surface area contributed by atoms with Crippen molar-refractivity contribution in [2.75, 3.05) is 6.61 Å². The van der Waals surface area contributed by atoms with Gasteiger partial charge in [-0.3, -0.25) is 15.1 Å². The summed E-state index contributed by atoms with van der Waals surface area (Å²) in [7, 11) is 0. The van der Waals surface area contributed by atoms with Crippen LogP contribution in [0.1, 0.15) is 13.3 Å². The van der Waals surface area contributed by atoms with Crippen LogP contribution < -0.4 is 9.47 Å². The van der Waals surface area contributed by atoms with Gasteiger partial charge in [0.05, 0.1) is 23.6 Å². The average molecular weight is 367 g/mol. The second-order valence-electron chi connectivity index (χ2n) is 5.58. The van der Waals surface area contributed by atoms with E-state index in [2.05, 4.69) is 9.83 Å². The zero-order valence-electron chi connectivity index (χ0n) is 14.3. The number of hydrogen-bond acceptors (Lipinski definition) is 5. The van der Waals surface area contributed by atoms with Gasteiger partial charge in [-0.25, -0.2) is 4.85 Å². The number of nitro benzene ring substituents is 1. The largest absolute Gasteiger partial charge is 0.505 e. The number of ether oxygens (including phenoxy) is 2. The van der Waals surface area contributed by atoms with Crippen molar-refractivity contribution >= 4 is 22.3 Å². The molecule has 8 heteroatoms. The van der Waals surface area contributed by atoms with Crippen LogP contribution in [0, 0.1) is 22.5 Å². The number of nitrogens with zero attached hydrogens (tertiary/aromatic N) is 3. The van der Waals surface area contributed by atoms with E-state index in [0.29, 0.717) is 34.7 Å². The van der Waals surface area contributed by atoms with Crippen LogP contribution in [0.3, 0.4) is 0 Å². The molecule has 27 heavy (non-hydrogen) atoms. The number of halogens is 1. The third-order valence-corrected chi connectivity index (χ3v) is 3.71. The first-order valence-electron chi connectivity index (χ1n) is 8.08. The van der Waals surface area contributed by atoms with Gasteiger partial charge < -0.3 is 9.47 Å². The predicted octanol–water partition coefficient (Wildman–Crippen LogP) is 5.41. The van der Waals surface area contributed by atoms with Gasteiger partial charge in [0.1, 0.15) is 17.2 Å². The molecule has 0 amide bonds. The Kier molecular flexibility index (Phi) is 5.13. The summed E-state index contributed by atoms with van der Waals surface area (Å²) in [5.41, 5.74) is 0.229. The van der Waals surface area contributed by atoms with Crippen LogP contribution >= 0.6 is 0 Å². The number of benzene rings is 2. The fourth-order valence-electron chi connectivity index (χ4n) is 2.47. The minimum Gasteiger partial charge on any atom is -0.505 e. The van der Waals surface area contributed by atoms with Crippen molar-refractivity contribution in [3.63, 3.8) is 0 Å². The van der Waals surface area contributed by atoms with Crippen molar-refractivity contribution < 1.29 is 18.8 Å². The smallest absolute Gasteiger partial charge is 0.305 e. The number of hydrogen-bond donors (Lipinski definition) is 0. The highest BCUT2D eigenvalue weighted by Gasteiger charge is 2.16. The van der Waals surface area contributed by atoms with Crippen LogP contribution in [0.15, 0.2) is 42.6 Å². The van der Waals surface area contributed by atoms with Crippen LogP contribution in [-0.4, -0.2) is 16.5 Å². The van der Waals surface area contributed by atoms with E-state index < -0.39 is 16.4 Å². The van der Waals surface area contributed by atoms with Gasteiger partial charge in [0, 0.05) is 23.7 Å². The Labute approximate surface area is 153 Å². The van der Waals surface area contributed by atoms with Crippen LogP contribution in [0.4, 0.5) is 15.8 Å². The van der Waals surface area contributed by atoms with E-state index in [1.54, 1.807) is 18.2 Å². The zero-order valence-corrected chi connectivity index (χ0v) is 14.3. The molecule has 3 rings (SSSR count). The Balaban J connectivity index is 2.01. The van der Waals surface area contributed by atoms with E-state index in [0.717, 1.165) is 18.6 Å². The summed E-state index contributed by atoms with van der Waals surface area (Å²) in [5, 5.41) is 11.3. The van der Waals surface area contributed by atoms with Gasteiger partial charge in [-0.1, -0.05) is 6.92 Å². The Morgan fingerprint density at radius 2 is 2.07 bits per heavy atom. The Bertz CT molecular complexity index is 1060. The maximum atomic E-state index is 13.8. The second-order valence-corrected chi connectivity index (χ2v) is 5.58. The van der Waals surface area contributed by atoms with Crippen molar-refractivity contribution in [3.05, 3.63) is 69.9 Å². The summed E-state index contributed by atoms with van der Waals surface area (Å²) in [5.74, 6) is -0.111. The second kappa shape index (κ2) is 7.66. The number of rotatable bonds is 6. The molecule has 0 saturated heterocycles. The monoisotopic (exact) mass is 367 g/mol. The van der Waals surface area contributed by atoms with Gasteiger partial charge in [0.25, 0.3) is 0 Å². The fourth-order valence-corrected chi connectivity index (χ4v) is 2.47. The molecule has 0 atom stereocenters. The topological polar surface area (TPSA) is 78.9 Å². The highest BCUT2D eigenvalue weighted by Crippen LogP contribution is 2.37. The van der Waals surface area contributed by atoms with Gasteiger partial charge in [-0.2, -0.15) is 4.39 Å². The molecule has 0 aliphatic carbocycles. The van der Waals surface area contributed by atoms with Crippen molar-refractivity contribution in [1.82, 2.24) is 4.98 Å². The minimum absolute atomic E-state index is 0.0984. The van der Waals surface area contributed by atoms with Crippen molar-refractivity contribution in [2.24, 2.45) is 0 Å². The summed E-state index contributed by atoms with van der Waals surface area (Å²) in [4.78, 5) is 17.6. The van der Waals surface area contributed by atoms with Crippen molar-refractivity contribution in [2.45, 2.75) is 13.3 Å². The summed E-state index contributed by atoms with van der Waals surface area (Å²) >= 11 is 0. The van der Waals surface area contributed by atoms with E-state index in [4.69, 9.17) is 16.0 Å². The summed E-state index contributed by atoms with van der Waals surface area (Å²) < 4.78 is 25.1. The molecule has 0 spiro atoms. The highest BCUT2D eigenvalue weighted by atomic mass is 19.1. The Hall–Kier alpha value is -3.73. The third-order valence-electron chi connectivity index (χ3n) is 3.71. The van der Waals surface area contributed by atoms with Gasteiger partial charge in [0.2, 0.25) is 11.5 Å². The van der Waals surface area contributed by atoms with Crippen LogP contribution in [0.2, 0.25) is 0 Å². The molecule has 1 aromatic heterocycles. The van der Waals surface area contributed by atoms with E-state index in [1.165, 1.54) is 12.3 Å². The lowest BCUT2D eigenvalue weighted by atomic mass is 10.1. The molecule has 1 heterocycles. The summed E-state index contributed by atoms with van der Waals surface area (Å²) in [6.45, 7) is 9.79. The lowest BCUT2D eigenvalue weighted by Gasteiger charge is -2.12. The highest BCUT2D eigenvalue weighted by molar-refractivity contribution is 5.91. The van der Waals surface area contributed by atoms with E-state index >= 15 is 0 Å². The Morgan fingerprint density at radius 3 is 2.74 bits per heavy atom. The maximum absolute atomic E-state index is 13.8. The van der Waals surface area contributed by atoms with E-state index in [1.807, 2.05) is 6.92 Å². The lowest BCUT2D eigenvalue weighted by Crippen LogP contribution is -1.96. The molecular weight excluding hydrogens is 353 g/mol. The molecule has 0 aliphatic rings. The molecule has 7 nitrogen and oxygen atoms in total. The summed E-state index contributed by atoms with van der Waals surface area (Å²) in [6.07, 6.45) is 2.32. The zero-order chi connectivity index (χ0) is 19.4. The first-order chi connectivity index (χ1) is 13.0. The lowest BCUT2D eigenvalue weighted by molar-refractivity contribution is -0.387. The number of nitro groups is 1. The van der Waals surface area contributed by atoms with Gasteiger partial charge >= 0.3 is 5.69 Å². The third kappa shape index (κ3) is 3.77. The molecule has 2 aromatic carbocycles. The minimum atomic E-state index is -0.993. The van der Waals surface area contributed by atoms with Crippen molar-refractivity contribution in [3.8, 4) is 17.2 Å². The van der Waals surface area contributed by atoms with Crippen LogP contribution in [-0.2, 0) is 0 Å². The number of fused-ring (bicyclic) bond motifs is 1. The number of pyridine rings is 1. The molecule has 136 valence electrons. The molecule has 0 N–H and O–H groups in total. The molecule has 3 aromatic rings. The SMILES string of the molecule is [C-]#[N+]c1cc2c(Oc3ccc([N+](=O)[O-])c(F)c3)ccnc2cc1OCCC. The number of aromatic nitrogens is 1. The van der Waals surface area contributed by atoms with Gasteiger partial charge in [-0.15, -0.1) is 0 Å². The predicted molar refractivity (Wildman–Crippen MR) is 96.9 cm³/mol. The van der Waals surface area contributed by atoms with Gasteiger partial charge in [0.15, 0.2) is 0 Å². The molecular formula is C19H14FN3O4. The maximum Gasteiger partial charge on any atom is 0.305 e. The molecule has 0 aliphatic heterocycles. The quantitative estimate of drug-likeness (QED) is 0.330.